The van der Waals surface area contributed by atoms with Gasteiger partial charge < -0.3 is 5.32 Å². The Bertz CT molecular complexity index is 253. The van der Waals surface area contributed by atoms with Crippen LogP contribution in [0.15, 0.2) is 36.3 Å². The van der Waals surface area contributed by atoms with Gasteiger partial charge in [-0.3, -0.25) is 4.79 Å². The topological polar surface area (TPSA) is 29.1 Å². The van der Waals surface area contributed by atoms with Gasteiger partial charge in [0.2, 0.25) is 5.91 Å². The van der Waals surface area contributed by atoms with Gasteiger partial charge in [0.15, 0.2) is 0 Å². The van der Waals surface area contributed by atoms with E-state index in [4.69, 9.17) is 0 Å². The van der Waals surface area contributed by atoms with Gasteiger partial charge in [-0.2, -0.15) is 0 Å². The van der Waals surface area contributed by atoms with Crippen LogP contribution in [0.4, 0.5) is 4.39 Å². The molecule has 0 aliphatic carbocycles. The fourth-order valence-corrected chi connectivity index (χ4v) is 0.618. The van der Waals surface area contributed by atoms with Crippen LogP contribution in [-0.2, 0) is 4.79 Å². The summed E-state index contributed by atoms with van der Waals surface area (Å²) in [5.74, 6) is -1.01. The summed E-state index contributed by atoms with van der Waals surface area (Å²) in [5, 5.41) is 2.30. The zero-order valence-corrected chi connectivity index (χ0v) is 7.28. The molecule has 0 saturated carbocycles. The van der Waals surface area contributed by atoms with E-state index in [-0.39, 0.29) is 11.6 Å². The third-order valence-corrected chi connectivity index (χ3v) is 0.994. The van der Waals surface area contributed by atoms with Crippen LogP contribution in [0.25, 0.3) is 0 Å². The summed E-state index contributed by atoms with van der Waals surface area (Å²) >= 11 is 0. The predicted octanol–water partition coefficient (Wildman–Crippen LogP) is 2.07. The number of carbonyl (C=O) groups excluding carboxylic acids is 1. The van der Waals surface area contributed by atoms with Crippen LogP contribution in [0.3, 0.4) is 0 Å². The van der Waals surface area contributed by atoms with Crippen molar-refractivity contribution in [1.82, 2.24) is 5.32 Å². The van der Waals surface area contributed by atoms with Crippen LogP contribution in [0, 0.1) is 0 Å². The molecule has 0 aliphatic rings. The lowest BCUT2D eigenvalue weighted by molar-refractivity contribution is -0.118. The third kappa shape index (κ3) is 4.44. The van der Waals surface area contributed by atoms with Gasteiger partial charge in [-0.25, -0.2) is 4.39 Å². The van der Waals surface area contributed by atoms with Crippen LogP contribution in [0.1, 0.15) is 13.8 Å². The van der Waals surface area contributed by atoms with Gasteiger partial charge in [-0.15, -0.1) is 0 Å². The molecular weight excluding hydrogens is 157 g/mol. The third-order valence-electron chi connectivity index (χ3n) is 0.994. The van der Waals surface area contributed by atoms with Gasteiger partial charge in [0.25, 0.3) is 0 Å². The zero-order valence-electron chi connectivity index (χ0n) is 7.28. The number of hydrogen-bond acceptors (Lipinski definition) is 1. The molecule has 0 unspecified atom stereocenters. The molecule has 0 aliphatic heterocycles. The van der Waals surface area contributed by atoms with E-state index in [9.17, 15) is 9.18 Å². The Morgan fingerprint density at radius 1 is 1.42 bits per heavy atom. The van der Waals surface area contributed by atoms with Crippen LogP contribution in [0.5, 0.6) is 0 Å². The second kappa shape index (κ2) is 4.49. The summed E-state index contributed by atoms with van der Waals surface area (Å²) in [6.07, 6.45) is 1.42. The number of allylic oxidation sites excluding steroid dienone is 3. The fourth-order valence-electron chi connectivity index (χ4n) is 0.618. The number of rotatable bonds is 3. The minimum absolute atomic E-state index is 0.0648. The molecule has 12 heavy (non-hydrogen) atoms. The highest BCUT2D eigenvalue weighted by Gasteiger charge is 2.02. The molecular formula is C9H12FNO. The van der Waals surface area contributed by atoms with E-state index < -0.39 is 5.83 Å². The molecule has 0 aromatic rings. The number of carbonyl (C=O) groups is 1. The van der Waals surface area contributed by atoms with Crippen LogP contribution in [0.2, 0.25) is 0 Å². The van der Waals surface area contributed by atoms with Crippen molar-refractivity contribution in [2.45, 2.75) is 13.8 Å². The molecule has 0 heterocycles. The maximum absolute atomic E-state index is 12.6. The van der Waals surface area contributed by atoms with Gasteiger partial charge in [-0.1, -0.05) is 18.7 Å². The van der Waals surface area contributed by atoms with Crippen molar-refractivity contribution in [1.29, 1.82) is 0 Å². The highest BCUT2D eigenvalue weighted by Crippen LogP contribution is 2.07. The van der Waals surface area contributed by atoms with Crippen molar-refractivity contribution >= 4 is 5.91 Å². The minimum atomic E-state index is -0.673. The number of amides is 1. The average molecular weight is 169 g/mol. The molecule has 66 valence electrons. The number of halogens is 1. The smallest absolute Gasteiger partial charge is 0.221 e. The first kappa shape index (κ1) is 10.6. The summed E-state index contributed by atoms with van der Waals surface area (Å²) in [6, 6.07) is 0. The van der Waals surface area contributed by atoms with Gasteiger partial charge in [-0.05, 0) is 13.0 Å². The Morgan fingerprint density at radius 2 is 1.92 bits per heavy atom. The SMILES string of the molecule is C=C(C)/C=C(/NC(C)=O)C(=C)F. The molecule has 0 fully saturated rings. The van der Waals surface area contributed by atoms with Crippen LogP contribution in [-0.4, -0.2) is 5.91 Å². The van der Waals surface area contributed by atoms with Crippen molar-refractivity contribution in [2.24, 2.45) is 0 Å². The maximum Gasteiger partial charge on any atom is 0.221 e. The van der Waals surface area contributed by atoms with Crippen LogP contribution >= 0.6 is 0 Å². The molecule has 0 spiro atoms. The largest absolute Gasteiger partial charge is 0.324 e. The number of hydrogen-bond donors (Lipinski definition) is 1. The molecule has 0 rings (SSSR count). The molecule has 0 aromatic heterocycles. The predicted molar refractivity (Wildman–Crippen MR) is 47.0 cm³/mol. The standard InChI is InChI=1S/C9H12FNO/c1-6(2)5-9(7(3)10)11-8(4)12/h5H,1,3H2,2,4H3,(H,11,12)/b9-5+. The summed E-state index contributed by atoms with van der Waals surface area (Å²) in [7, 11) is 0. The van der Waals surface area contributed by atoms with Gasteiger partial charge in [0, 0.05) is 6.92 Å². The number of nitrogens with one attached hydrogen (secondary N) is 1. The Labute approximate surface area is 71.5 Å². The fraction of sp³-hybridized carbons (Fsp3) is 0.222. The average Bonchev–Trinajstić information content (AvgIpc) is 1.83. The molecule has 0 radical (unpaired) electrons. The van der Waals surface area contributed by atoms with E-state index in [0.29, 0.717) is 5.57 Å². The van der Waals surface area contributed by atoms with Crippen molar-refractivity contribution < 1.29 is 9.18 Å². The van der Waals surface area contributed by atoms with E-state index in [1.165, 1.54) is 13.0 Å². The Morgan fingerprint density at radius 3 is 2.17 bits per heavy atom. The maximum atomic E-state index is 12.6. The molecule has 0 bridgehead atoms. The Kier molecular flexibility index (Phi) is 3.97. The highest BCUT2D eigenvalue weighted by molar-refractivity contribution is 5.75. The lowest BCUT2D eigenvalue weighted by Gasteiger charge is -2.03. The molecule has 1 N–H and O–H groups in total. The van der Waals surface area contributed by atoms with E-state index in [1.54, 1.807) is 6.92 Å². The summed E-state index contributed by atoms with van der Waals surface area (Å²) < 4.78 is 12.6. The lowest BCUT2D eigenvalue weighted by atomic mass is 10.2. The molecule has 2 nitrogen and oxygen atoms in total. The zero-order chi connectivity index (χ0) is 9.72. The molecule has 0 atom stereocenters. The first-order chi connectivity index (χ1) is 5.43. The first-order valence-corrected chi connectivity index (χ1v) is 3.43. The summed E-state index contributed by atoms with van der Waals surface area (Å²) in [6.45, 7) is 9.62. The van der Waals surface area contributed by atoms with Crippen molar-refractivity contribution in [2.75, 3.05) is 0 Å². The van der Waals surface area contributed by atoms with Gasteiger partial charge in [0.1, 0.15) is 5.83 Å². The Balaban J connectivity index is 4.55. The highest BCUT2D eigenvalue weighted by atomic mass is 19.1. The van der Waals surface area contributed by atoms with E-state index >= 15 is 0 Å². The molecule has 3 heteroatoms. The van der Waals surface area contributed by atoms with Crippen LogP contribution < -0.4 is 5.32 Å². The normalized spacial score (nSPS) is 10.8. The first-order valence-electron chi connectivity index (χ1n) is 3.43. The van der Waals surface area contributed by atoms with Gasteiger partial charge >= 0.3 is 0 Å². The van der Waals surface area contributed by atoms with E-state index in [1.807, 2.05) is 0 Å². The van der Waals surface area contributed by atoms with E-state index in [0.717, 1.165) is 0 Å². The summed E-state index contributed by atoms with van der Waals surface area (Å²) in [5.41, 5.74) is 0.715. The second-order valence-electron chi connectivity index (χ2n) is 2.49. The van der Waals surface area contributed by atoms with E-state index in [2.05, 4.69) is 18.5 Å². The Hall–Kier alpha value is -1.38. The molecule has 0 aromatic carbocycles. The monoisotopic (exact) mass is 169 g/mol. The van der Waals surface area contributed by atoms with Gasteiger partial charge in [0.05, 0.1) is 5.70 Å². The minimum Gasteiger partial charge on any atom is -0.324 e. The lowest BCUT2D eigenvalue weighted by Crippen LogP contribution is -2.19. The second-order valence-corrected chi connectivity index (χ2v) is 2.49. The van der Waals surface area contributed by atoms with Crippen molar-refractivity contribution in [3.8, 4) is 0 Å². The van der Waals surface area contributed by atoms with Crippen molar-refractivity contribution in [3.05, 3.63) is 36.3 Å². The van der Waals surface area contributed by atoms with Crippen molar-refractivity contribution in [3.63, 3.8) is 0 Å². The summed E-state index contributed by atoms with van der Waals surface area (Å²) in [4.78, 5) is 10.6. The molecule has 0 saturated heterocycles. The quantitative estimate of drug-likeness (QED) is 0.644. The molecule has 1 amide bonds.